The van der Waals surface area contributed by atoms with E-state index in [1.54, 1.807) is 0 Å². The van der Waals surface area contributed by atoms with Gasteiger partial charge in [-0.25, -0.2) is 8.42 Å². The van der Waals surface area contributed by atoms with Crippen molar-refractivity contribution in [1.82, 2.24) is 0 Å². The van der Waals surface area contributed by atoms with E-state index in [1.807, 2.05) is 0 Å². The van der Waals surface area contributed by atoms with Crippen LogP contribution in [0.3, 0.4) is 0 Å². The minimum atomic E-state index is -2.82. The Labute approximate surface area is 69.2 Å². The number of hydrogen-bond donors (Lipinski definition) is 0. The second kappa shape index (κ2) is 5.35. The van der Waals surface area contributed by atoms with E-state index in [2.05, 4.69) is 13.5 Å². The second-order valence-corrected chi connectivity index (χ2v) is 4.84. The van der Waals surface area contributed by atoms with Crippen LogP contribution in [0.25, 0.3) is 0 Å². The van der Waals surface area contributed by atoms with Gasteiger partial charge in [-0.15, -0.1) is 6.58 Å². The fourth-order valence-corrected chi connectivity index (χ4v) is 2.00. The maximum atomic E-state index is 11.0. The van der Waals surface area contributed by atoms with E-state index < -0.39 is 9.84 Å². The molecule has 0 aromatic carbocycles. The van der Waals surface area contributed by atoms with Crippen LogP contribution in [0.4, 0.5) is 0 Å². The van der Waals surface area contributed by atoms with Crippen LogP contribution in [0.5, 0.6) is 0 Å². The summed E-state index contributed by atoms with van der Waals surface area (Å²) >= 11 is 0. The van der Waals surface area contributed by atoms with Gasteiger partial charge < -0.3 is 0 Å². The van der Waals surface area contributed by atoms with Gasteiger partial charge in [-0.1, -0.05) is 25.8 Å². The molecular formula is C8H16O2S. The molecule has 66 valence electrons. The van der Waals surface area contributed by atoms with Gasteiger partial charge in [-0.05, 0) is 6.42 Å². The number of unbranched alkanes of at least 4 members (excludes halogenated alkanes) is 2. The van der Waals surface area contributed by atoms with Gasteiger partial charge in [0.2, 0.25) is 0 Å². The molecule has 0 aliphatic heterocycles. The highest BCUT2D eigenvalue weighted by molar-refractivity contribution is 7.91. The summed E-state index contributed by atoms with van der Waals surface area (Å²) < 4.78 is 22.1. The topological polar surface area (TPSA) is 34.1 Å². The van der Waals surface area contributed by atoms with Crippen LogP contribution in [0.1, 0.15) is 26.2 Å². The van der Waals surface area contributed by atoms with Gasteiger partial charge in [-0.3, -0.25) is 0 Å². The molecule has 0 saturated carbocycles. The molecule has 2 nitrogen and oxygen atoms in total. The first kappa shape index (κ1) is 10.7. The highest BCUT2D eigenvalue weighted by atomic mass is 32.2. The molecule has 0 unspecified atom stereocenters. The third-order valence-electron chi connectivity index (χ3n) is 1.43. The summed E-state index contributed by atoms with van der Waals surface area (Å²) in [7, 11) is -2.82. The van der Waals surface area contributed by atoms with E-state index in [0.717, 1.165) is 19.3 Å². The van der Waals surface area contributed by atoms with Crippen molar-refractivity contribution >= 4 is 9.84 Å². The zero-order chi connectivity index (χ0) is 8.74. The Morgan fingerprint density at radius 3 is 2.45 bits per heavy atom. The fraction of sp³-hybridized carbons (Fsp3) is 0.750. The molecular weight excluding hydrogens is 160 g/mol. The van der Waals surface area contributed by atoms with Gasteiger partial charge in [0.25, 0.3) is 0 Å². The molecule has 0 spiro atoms. The quantitative estimate of drug-likeness (QED) is 0.456. The number of hydrogen-bond acceptors (Lipinski definition) is 2. The molecule has 0 N–H and O–H groups in total. The lowest BCUT2D eigenvalue weighted by molar-refractivity contribution is 0.594. The zero-order valence-corrected chi connectivity index (χ0v) is 7.86. The maximum absolute atomic E-state index is 11.0. The van der Waals surface area contributed by atoms with Crippen molar-refractivity contribution < 1.29 is 8.42 Å². The summed E-state index contributed by atoms with van der Waals surface area (Å²) in [6.07, 6.45) is 4.29. The number of rotatable bonds is 6. The van der Waals surface area contributed by atoms with Crippen LogP contribution in [-0.2, 0) is 9.84 Å². The predicted molar refractivity (Wildman–Crippen MR) is 48.4 cm³/mol. The fourth-order valence-electron chi connectivity index (χ4n) is 0.835. The molecule has 11 heavy (non-hydrogen) atoms. The number of sulfone groups is 1. The average molecular weight is 176 g/mol. The van der Waals surface area contributed by atoms with Gasteiger partial charge in [-0.2, -0.15) is 0 Å². The van der Waals surface area contributed by atoms with Crippen molar-refractivity contribution in [3.63, 3.8) is 0 Å². The van der Waals surface area contributed by atoms with Crippen LogP contribution in [-0.4, -0.2) is 19.9 Å². The minimum Gasteiger partial charge on any atom is -0.229 e. The van der Waals surface area contributed by atoms with Gasteiger partial charge >= 0.3 is 0 Å². The average Bonchev–Trinajstić information content (AvgIpc) is 1.87. The second-order valence-electron chi connectivity index (χ2n) is 2.61. The summed E-state index contributed by atoms with van der Waals surface area (Å²) in [6, 6.07) is 0. The van der Waals surface area contributed by atoms with Crippen molar-refractivity contribution in [3.8, 4) is 0 Å². The van der Waals surface area contributed by atoms with Gasteiger partial charge in [0, 0.05) is 0 Å². The summed E-state index contributed by atoms with van der Waals surface area (Å²) in [6.45, 7) is 5.45. The first-order valence-corrected chi connectivity index (χ1v) is 5.76. The summed E-state index contributed by atoms with van der Waals surface area (Å²) in [5.74, 6) is 0.434. The molecule has 0 fully saturated rings. The molecule has 0 saturated heterocycles. The Morgan fingerprint density at radius 2 is 2.00 bits per heavy atom. The lowest BCUT2D eigenvalue weighted by Gasteiger charge is -1.98. The maximum Gasteiger partial charge on any atom is 0.153 e. The molecule has 0 atom stereocenters. The van der Waals surface area contributed by atoms with Crippen molar-refractivity contribution in [3.05, 3.63) is 12.7 Å². The van der Waals surface area contributed by atoms with Crippen LogP contribution in [0, 0.1) is 0 Å². The van der Waals surface area contributed by atoms with E-state index in [4.69, 9.17) is 0 Å². The smallest absolute Gasteiger partial charge is 0.153 e. The van der Waals surface area contributed by atoms with E-state index in [-0.39, 0.29) is 5.75 Å². The van der Waals surface area contributed by atoms with E-state index in [1.165, 1.54) is 6.08 Å². The Kier molecular flexibility index (Phi) is 5.20. The minimum absolute atomic E-state index is 0.122. The molecule has 0 bridgehead atoms. The van der Waals surface area contributed by atoms with E-state index >= 15 is 0 Å². The third kappa shape index (κ3) is 6.10. The molecule has 0 aliphatic rings. The largest absolute Gasteiger partial charge is 0.229 e. The lowest BCUT2D eigenvalue weighted by atomic mass is 10.3. The highest BCUT2D eigenvalue weighted by Gasteiger charge is 2.06. The molecule has 0 aromatic heterocycles. The standard InChI is InChI=1S/C8H16O2S/c1-3-5-6-8-11(9,10)7-4-2/h4H,2-3,5-8H2,1H3. The van der Waals surface area contributed by atoms with Gasteiger partial charge in [0.05, 0.1) is 11.5 Å². The lowest BCUT2D eigenvalue weighted by Crippen LogP contribution is -2.08. The van der Waals surface area contributed by atoms with Crippen molar-refractivity contribution in [1.29, 1.82) is 0 Å². The zero-order valence-electron chi connectivity index (χ0n) is 7.04. The van der Waals surface area contributed by atoms with Gasteiger partial charge in [0.15, 0.2) is 9.84 Å². The molecule has 0 amide bonds. The van der Waals surface area contributed by atoms with Crippen LogP contribution >= 0.6 is 0 Å². The Balaban J connectivity index is 3.65. The van der Waals surface area contributed by atoms with Crippen LogP contribution in [0.2, 0.25) is 0 Å². The molecule has 0 aliphatic carbocycles. The van der Waals surface area contributed by atoms with E-state index in [9.17, 15) is 8.42 Å². The highest BCUT2D eigenvalue weighted by Crippen LogP contribution is 1.99. The predicted octanol–water partition coefficient (Wildman–Crippen LogP) is 1.78. The van der Waals surface area contributed by atoms with Crippen LogP contribution < -0.4 is 0 Å². The van der Waals surface area contributed by atoms with Crippen LogP contribution in [0.15, 0.2) is 12.7 Å². The van der Waals surface area contributed by atoms with Crippen molar-refractivity contribution in [2.45, 2.75) is 26.2 Å². The SMILES string of the molecule is C=CCS(=O)(=O)CCCCC. The first-order valence-electron chi connectivity index (χ1n) is 3.93. The Bertz CT molecular complexity index is 192. The Hall–Kier alpha value is -0.310. The molecule has 0 radical (unpaired) electrons. The van der Waals surface area contributed by atoms with Crippen molar-refractivity contribution in [2.24, 2.45) is 0 Å². The molecule has 0 aromatic rings. The summed E-state index contributed by atoms with van der Waals surface area (Å²) in [4.78, 5) is 0. The summed E-state index contributed by atoms with van der Waals surface area (Å²) in [5.41, 5.74) is 0. The normalized spacial score (nSPS) is 11.4. The first-order chi connectivity index (χ1) is 5.12. The van der Waals surface area contributed by atoms with Gasteiger partial charge in [0.1, 0.15) is 0 Å². The summed E-state index contributed by atoms with van der Waals surface area (Å²) in [5, 5.41) is 0. The monoisotopic (exact) mass is 176 g/mol. The molecule has 3 heteroatoms. The molecule has 0 rings (SSSR count). The Morgan fingerprint density at radius 1 is 1.36 bits per heavy atom. The molecule has 0 heterocycles. The van der Waals surface area contributed by atoms with E-state index in [0.29, 0.717) is 5.75 Å². The third-order valence-corrected chi connectivity index (χ3v) is 3.08. The van der Waals surface area contributed by atoms with Crippen molar-refractivity contribution in [2.75, 3.05) is 11.5 Å².